The van der Waals surface area contributed by atoms with Crippen molar-refractivity contribution in [2.24, 2.45) is 18.9 Å². The van der Waals surface area contributed by atoms with Crippen molar-refractivity contribution in [3.63, 3.8) is 0 Å². The summed E-state index contributed by atoms with van der Waals surface area (Å²) in [5, 5.41) is 32.9. The van der Waals surface area contributed by atoms with E-state index in [4.69, 9.17) is 20.0 Å². The number of imidazole rings is 2. The predicted molar refractivity (Wildman–Crippen MR) is 279 cm³/mol. The van der Waals surface area contributed by atoms with Crippen LogP contribution in [0.25, 0.3) is 39.5 Å². The van der Waals surface area contributed by atoms with Crippen LogP contribution in [0.15, 0.2) is 96.3 Å². The fraction of sp³-hybridized carbons (Fsp3) is 0.473. The molecule has 1 aliphatic carbocycles. The van der Waals surface area contributed by atoms with Gasteiger partial charge in [0.25, 0.3) is 0 Å². The van der Waals surface area contributed by atoms with Crippen LogP contribution in [0.2, 0.25) is 0 Å². The van der Waals surface area contributed by atoms with Crippen LogP contribution in [0, 0.1) is 11.8 Å². The second-order valence-corrected chi connectivity index (χ2v) is 21.3. The number of para-hydroxylation sites is 1. The van der Waals surface area contributed by atoms with E-state index >= 15 is 0 Å². The number of carbonyl (C=O) groups excluding carboxylic acids is 2. The first kappa shape index (κ1) is 49.1. The number of hydrogen-bond acceptors (Lipinski definition) is 14. The number of nitrogens with one attached hydrogen (secondary N) is 1. The molecule has 7 aromatic rings. The van der Waals surface area contributed by atoms with Crippen molar-refractivity contribution in [2.45, 2.75) is 108 Å². The van der Waals surface area contributed by atoms with Crippen molar-refractivity contribution in [2.75, 3.05) is 49.9 Å². The highest BCUT2D eigenvalue weighted by Gasteiger charge is 2.44. The molecule has 0 spiro atoms. The predicted octanol–water partition coefficient (Wildman–Crippen LogP) is 6.62. The van der Waals surface area contributed by atoms with Gasteiger partial charge in [-0.05, 0) is 86.6 Å². The lowest BCUT2D eigenvalue weighted by Crippen LogP contribution is -2.48. The Morgan fingerprint density at radius 3 is 2.39 bits per heavy atom. The van der Waals surface area contributed by atoms with Crippen molar-refractivity contribution < 1.29 is 29.1 Å². The molecule has 0 unspecified atom stereocenters. The number of nitrogen functional groups attached to an aromatic ring is 1. The van der Waals surface area contributed by atoms with Gasteiger partial charge in [-0.15, -0.1) is 0 Å². The van der Waals surface area contributed by atoms with Crippen molar-refractivity contribution in [3.8, 4) is 39.5 Å². The van der Waals surface area contributed by atoms with Gasteiger partial charge in [0.05, 0.1) is 53.3 Å². The quantitative estimate of drug-likeness (QED) is 0.0848. The number of β-amino-alcohol motifs (C(OH)–C–C–N with tert-alkyl or cyclic N) is 1. The molecule has 388 valence electrons. The summed E-state index contributed by atoms with van der Waals surface area (Å²) in [5.41, 5.74) is 12.1. The Bertz CT molecular complexity index is 3080. The first-order chi connectivity index (χ1) is 35.8. The van der Waals surface area contributed by atoms with Crippen LogP contribution >= 0.6 is 0 Å². The standard InChI is InChI=1S/C55H67N13O6/c1-33(2)51(54(72)68-28-39(69)25-47(68)53(71)59-34(3)36-9-11-37(12-10-36)46-13-18-58-63(46)4)49-26-50(62-74-49)65-21-14-35(15-22-65)27-64-19-16-40(17-20-64)73-41-23-38(24-41)67-30-44(57-32-67)43-29-66-31-45(60-55(66)61-52(43)56)42-7-5-6-8-48(42)70/h5-13,18,26,29-35,38-41,47,51,69-70H,14-17,19-25,27-28H2,1-4H3,(H,59,71)(H2,56,60,61)/t34-,38?,39+,41?,47-,51+/m0/s1. The van der Waals surface area contributed by atoms with Crippen molar-refractivity contribution in [3.05, 3.63) is 103 Å². The monoisotopic (exact) mass is 1010 g/mol. The number of benzene rings is 2. The molecule has 4 atom stereocenters. The Balaban J connectivity index is 0.617. The number of phenolic OH excluding ortho intramolecular Hbond substituents is 1. The van der Waals surface area contributed by atoms with Crippen molar-refractivity contribution in [1.29, 1.82) is 0 Å². The number of aryl methyl sites for hydroxylation is 1. The highest BCUT2D eigenvalue weighted by molar-refractivity contribution is 5.91. The number of aliphatic hydroxyl groups is 1. The Hall–Kier alpha value is -7.09. The second kappa shape index (κ2) is 20.7. The molecule has 4 aliphatic rings. The third-order valence-corrected chi connectivity index (χ3v) is 15.9. The van der Waals surface area contributed by atoms with Gasteiger partial charge in [-0.2, -0.15) is 10.1 Å². The number of carbonyl (C=O) groups is 2. The number of rotatable bonds is 15. The summed E-state index contributed by atoms with van der Waals surface area (Å²) >= 11 is 0. The summed E-state index contributed by atoms with van der Waals surface area (Å²) in [5.74, 6) is 1.44. The number of phenols is 1. The molecule has 5 aromatic heterocycles. The maximum absolute atomic E-state index is 14.4. The van der Waals surface area contributed by atoms with E-state index < -0.39 is 18.1 Å². The summed E-state index contributed by atoms with van der Waals surface area (Å²) in [4.78, 5) is 48.4. The number of anilines is 2. The van der Waals surface area contributed by atoms with E-state index in [1.54, 1.807) is 18.3 Å². The average molecular weight is 1010 g/mol. The Morgan fingerprint density at radius 2 is 1.66 bits per heavy atom. The van der Waals surface area contributed by atoms with Gasteiger partial charge in [-0.1, -0.05) is 55.4 Å². The number of fused-ring (bicyclic) bond motifs is 1. The van der Waals surface area contributed by atoms with E-state index in [1.807, 2.05) is 110 Å². The van der Waals surface area contributed by atoms with Gasteiger partial charge in [-0.25, -0.2) is 9.97 Å². The van der Waals surface area contributed by atoms with Crippen LogP contribution < -0.4 is 16.0 Å². The van der Waals surface area contributed by atoms with Gasteiger partial charge in [0.1, 0.15) is 23.5 Å². The number of likely N-dealkylation sites (tertiary alicyclic amines) is 2. The normalized spacial score (nSPS) is 21.9. The first-order valence-corrected chi connectivity index (χ1v) is 26.3. The number of piperidine rings is 2. The highest BCUT2D eigenvalue weighted by Crippen LogP contribution is 2.39. The number of hydrogen-bond donors (Lipinski definition) is 4. The zero-order valence-electron chi connectivity index (χ0n) is 42.6. The maximum atomic E-state index is 14.4. The van der Waals surface area contributed by atoms with E-state index in [0.717, 1.165) is 105 Å². The zero-order chi connectivity index (χ0) is 51.2. The van der Waals surface area contributed by atoms with Crippen LogP contribution in [0.3, 0.4) is 0 Å². The molecular formula is C55H67N13O6. The number of aliphatic hydroxyl groups excluding tert-OH is 1. The third kappa shape index (κ3) is 10.1. The largest absolute Gasteiger partial charge is 0.507 e. The van der Waals surface area contributed by atoms with Gasteiger partial charge in [0.2, 0.25) is 17.6 Å². The first-order valence-electron chi connectivity index (χ1n) is 26.3. The van der Waals surface area contributed by atoms with Crippen LogP contribution in [-0.4, -0.2) is 134 Å². The van der Waals surface area contributed by atoms with Crippen LogP contribution in [0.5, 0.6) is 5.75 Å². The van der Waals surface area contributed by atoms with Crippen LogP contribution in [0.1, 0.15) is 95.0 Å². The zero-order valence-corrected chi connectivity index (χ0v) is 42.6. The molecule has 3 aliphatic heterocycles. The molecule has 0 radical (unpaired) electrons. The molecule has 74 heavy (non-hydrogen) atoms. The highest BCUT2D eigenvalue weighted by atomic mass is 16.5. The number of aromatic hydroxyl groups is 1. The topological polar surface area (TPSA) is 223 Å². The molecule has 2 amide bonds. The second-order valence-electron chi connectivity index (χ2n) is 21.3. The number of nitrogens with zero attached hydrogens (tertiary/aromatic N) is 11. The minimum atomic E-state index is -0.806. The number of ether oxygens (including phenoxy) is 1. The summed E-state index contributed by atoms with van der Waals surface area (Å²) in [6.45, 7) is 10.8. The lowest BCUT2D eigenvalue weighted by molar-refractivity contribution is -0.141. The van der Waals surface area contributed by atoms with E-state index in [0.29, 0.717) is 40.6 Å². The van der Waals surface area contributed by atoms with E-state index in [-0.39, 0.29) is 54.7 Å². The average Bonchev–Trinajstić information content (AvgIpc) is 4.26. The van der Waals surface area contributed by atoms with Crippen LogP contribution in [-0.2, 0) is 21.4 Å². The minimum Gasteiger partial charge on any atom is -0.507 e. The molecule has 19 heteroatoms. The molecular weight excluding hydrogens is 939 g/mol. The molecule has 11 rings (SSSR count). The Labute approximate surface area is 430 Å². The van der Waals surface area contributed by atoms with Gasteiger partial charge in [-0.3, -0.25) is 18.7 Å². The summed E-state index contributed by atoms with van der Waals surface area (Å²) in [6, 6.07) is 18.1. The van der Waals surface area contributed by atoms with Crippen LogP contribution in [0.4, 0.5) is 11.6 Å². The van der Waals surface area contributed by atoms with Gasteiger partial charge >= 0.3 is 0 Å². The molecule has 8 heterocycles. The molecule has 3 saturated heterocycles. The Kier molecular flexibility index (Phi) is 13.7. The SMILES string of the molecule is CC(C)[C@@H](C(=O)N1C[C@H](O)C[C@H]1C(=O)N[C@@H](C)c1ccc(-c2ccnn2C)cc1)c1cc(N2CCC(CN3CCC(OC4CC(n5cnc(-c6cn7cc(-c8ccccc8O)nc7nc6N)c5)C4)CC3)CC2)no1. The number of nitrogens with two attached hydrogens (primary N) is 1. The van der Waals surface area contributed by atoms with E-state index in [2.05, 4.69) is 39.9 Å². The molecule has 4 fully saturated rings. The minimum absolute atomic E-state index is 0.0807. The maximum Gasteiger partial charge on any atom is 0.243 e. The third-order valence-electron chi connectivity index (χ3n) is 15.9. The molecule has 2 aromatic carbocycles. The van der Waals surface area contributed by atoms with E-state index in [1.165, 1.54) is 4.90 Å². The number of aromatic nitrogens is 8. The lowest BCUT2D eigenvalue weighted by atomic mass is 9.88. The van der Waals surface area contributed by atoms with Gasteiger partial charge in [0, 0.05) is 95.2 Å². The summed E-state index contributed by atoms with van der Waals surface area (Å²) < 4.78 is 18.4. The summed E-state index contributed by atoms with van der Waals surface area (Å²) in [7, 11) is 1.90. The molecule has 0 bridgehead atoms. The Morgan fingerprint density at radius 1 is 0.892 bits per heavy atom. The summed E-state index contributed by atoms with van der Waals surface area (Å²) in [6.07, 6.45) is 15.3. The lowest BCUT2D eigenvalue weighted by Gasteiger charge is -2.41. The molecule has 19 nitrogen and oxygen atoms in total. The smallest absolute Gasteiger partial charge is 0.243 e. The van der Waals surface area contributed by atoms with Gasteiger partial charge < -0.3 is 49.8 Å². The van der Waals surface area contributed by atoms with Crippen molar-refractivity contribution in [1.82, 2.24) is 54.0 Å². The van der Waals surface area contributed by atoms with Gasteiger partial charge in [0.15, 0.2) is 11.6 Å². The fourth-order valence-corrected chi connectivity index (χ4v) is 11.5. The molecule has 1 saturated carbocycles. The van der Waals surface area contributed by atoms with E-state index in [9.17, 15) is 19.8 Å². The van der Waals surface area contributed by atoms with Crippen molar-refractivity contribution >= 4 is 29.2 Å². The molecule has 5 N–H and O–H groups in total. The number of amides is 2. The fourth-order valence-electron chi connectivity index (χ4n) is 11.5.